The topological polar surface area (TPSA) is 67.9 Å². The number of rotatable bonds is 8. The molecule has 0 fully saturated rings. The van der Waals surface area contributed by atoms with Gasteiger partial charge in [0.1, 0.15) is 11.5 Å². The first-order valence-corrected chi connectivity index (χ1v) is 9.59. The zero-order chi connectivity index (χ0) is 19.9. The molecule has 28 heavy (non-hydrogen) atoms. The van der Waals surface area contributed by atoms with Gasteiger partial charge in [0.05, 0.1) is 12.8 Å². The summed E-state index contributed by atoms with van der Waals surface area (Å²) in [5, 5.41) is 2.92. The van der Waals surface area contributed by atoms with Crippen molar-refractivity contribution in [3.63, 3.8) is 0 Å². The summed E-state index contributed by atoms with van der Waals surface area (Å²) in [5.41, 5.74) is 1.85. The van der Waals surface area contributed by atoms with E-state index < -0.39 is 6.10 Å². The summed E-state index contributed by atoms with van der Waals surface area (Å²) in [7, 11) is 1.63. The molecule has 0 aliphatic carbocycles. The highest BCUT2D eigenvalue weighted by molar-refractivity contribution is 6.00. The normalized spacial score (nSPS) is 15.6. The van der Waals surface area contributed by atoms with Gasteiger partial charge in [0.15, 0.2) is 6.10 Å². The molecule has 0 bridgehead atoms. The minimum atomic E-state index is -0.493. The molecule has 6 heteroatoms. The predicted octanol–water partition coefficient (Wildman–Crippen LogP) is 2.95. The predicted molar refractivity (Wildman–Crippen MR) is 108 cm³/mol. The van der Waals surface area contributed by atoms with Gasteiger partial charge in [-0.15, -0.1) is 0 Å². The van der Waals surface area contributed by atoms with Gasteiger partial charge in [-0.05, 0) is 42.7 Å². The highest BCUT2D eigenvalue weighted by Gasteiger charge is 2.32. The molecule has 3 rings (SSSR count). The number of hydrogen-bond acceptors (Lipinski definition) is 4. The Kier molecular flexibility index (Phi) is 6.53. The minimum Gasteiger partial charge on any atom is -0.497 e. The fourth-order valence-corrected chi connectivity index (χ4v) is 3.20. The lowest BCUT2D eigenvalue weighted by atomic mass is 10.1. The number of nitrogens with zero attached hydrogens (tertiary/aromatic N) is 1. The molecule has 0 saturated carbocycles. The monoisotopic (exact) mass is 382 g/mol. The molecule has 0 saturated heterocycles. The number of amides is 2. The number of carbonyl (C=O) groups is 2. The van der Waals surface area contributed by atoms with Crippen molar-refractivity contribution in [1.82, 2.24) is 5.32 Å². The van der Waals surface area contributed by atoms with Gasteiger partial charge in [-0.1, -0.05) is 31.2 Å². The van der Waals surface area contributed by atoms with Crippen LogP contribution in [0.1, 0.15) is 25.3 Å². The summed E-state index contributed by atoms with van der Waals surface area (Å²) in [6.07, 6.45) is 1.09. The number of methoxy groups -OCH3 is 1. The molecule has 0 aromatic heterocycles. The second-order valence-corrected chi connectivity index (χ2v) is 6.67. The third-order valence-electron chi connectivity index (χ3n) is 4.79. The van der Waals surface area contributed by atoms with Crippen LogP contribution in [-0.2, 0) is 16.0 Å². The second-order valence-electron chi connectivity index (χ2n) is 6.67. The number of fused-ring (bicyclic) bond motifs is 1. The van der Waals surface area contributed by atoms with E-state index in [9.17, 15) is 9.59 Å². The van der Waals surface area contributed by atoms with Gasteiger partial charge in [0.2, 0.25) is 5.91 Å². The number of carbonyl (C=O) groups excluding carboxylic acids is 2. The third-order valence-corrected chi connectivity index (χ3v) is 4.79. The Morgan fingerprint density at radius 3 is 2.64 bits per heavy atom. The summed E-state index contributed by atoms with van der Waals surface area (Å²) < 4.78 is 10.9. The molecule has 6 nitrogen and oxygen atoms in total. The SMILES string of the molecule is CCC1Oc2ccccc2N(CCC(=O)NCCc2ccc(OC)cc2)C1=O. The van der Waals surface area contributed by atoms with Crippen LogP contribution < -0.4 is 19.7 Å². The van der Waals surface area contributed by atoms with Crippen LogP contribution >= 0.6 is 0 Å². The van der Waals surface area contributed by atoms with Crippen LogP contribution in [0.2, 0.25) is 0 Å². The van der Waals surface area contributed by atoms with Crippen LogP contribution in [0, 0.1) is 0 Å². The van der Waals surface area contributed by atoms with Gasteiger partial charge in [-0.2, -0.15) is 0 Å². The van der Waals surface area contributed by atoms with Gasteiger partial charge in [0.25, 0.3) is 5.91 Å². The van der Waals surface area contributed by atoms with Crippen LogP contribution in [0.5, 0.6) is 11.5 Å². The Labute approximate surface area is 165 Å². The maximum absolute atomic E-state index is 12.6. The van der Waals surface area contributed by atoms with Gasteiger partial charge in [-0.25, -0.2) is 0 Å². The quantitative estimate of drug-likeness (QED) is 0.762. The van der Waals surface area contributed by atoms with E-state index in [0.717, 1.165) is 23.4 Å². The minimum absolute atomic E-state index is 0.0710. The lowest BCUT2D eigenvalue weighted by molar-refractivity contribution is -0.126. The van der Waals surface area contributed by atoms with Crippen molar-refractivity contribution in [2.24, 2.45) is 0 Å². The number of anilines is 1. The molecule has 148 valence electrons. The summed E-state index contributed by atoms with van der Waals surface area (Å²) in [4.78, 5) is 26.6. The molecule has 2 amide bonds. The molecular weight excluding hydrogens is 356 g/mol. The Bertz CT molecular complexity index is 820. The number of ether oxygens (including phenoxy) is 2. The second kappa shape index (κ2) is 9.26. The highest BCUT2D eigenvalue weighted by Crippen LogP contribution is 2.34. The Morgan fingerprint density at radius 1 is 1.18 bits per heavy atom. The smallest absolute Gasteiger partial charge is 0.268 e. The van der Waals surface area contributed by atoms with Crippen molar-refractivity contribution in [2.75, 3.05) is 25.1 Å². The number of hydrogen-bond donors (Lipinski definition) is 1. The Morgan fingerprint density at radius 2 is 1.93 bits per heavy atom. The standard InChI is InChI=1S/C22H26N2O4/c1-3-19-22(26)24(18-6-4-5-7-20(18)28-19)15-13-21(25)23-14-12-16-8-10-17(27-2)11-9-16/h4-11,19H,3,12-15H2,1-2H3,(H,23,25). The molecule has 0 spiro atoms. The van der Waals surface area contributed by atoms with E-state index in [4.69, 9.17) is 9.47 Å². The van der Waals surface area contributed by atoms with Crippen LogP contribution in [0.4, 0.5) is 5.69 Å². The first kappa shape index (κ1) is 19.7. The van der Waals surface area contributed by atoms with Crippen LogP contribution in [-0.4, -0.2) is 38.1 Å². The van der Waals surface area contributed by atoms with E-state index in [-0.39, 0.29) is 18.2 Å². The van der Waals surface area contributed by atoms with Crippen LogP contribution in [0.3, 0.4) is 0 Å². The van der Waals surface area contributed by atoms with Crippen molar-refractivity contribution in [2.45, 2.75) is 32.3 Å². The van der Waals surface area contributed by atoms with Crippen molar-refractivity contribution in [3.8, 4) is 11.5 Å². The largest absolute Gasteiger partial charge is 0.497 e. The van der Waals surface area contributed by atoms with Crippen molar-refractivity contribution < 1.29 is 19.1 Å². The van der Waals surface area contributed by atoms with E-state index in [1.54, 1.807) is 12.0 Å². The molecule has 1 unspecified atom stereocenters. The molecule has 1 atom stereocenters. The number of para-hydroxylation sites is 2. The van der Waals surface area contributed by atoms with Crippen molar-refractivity contribution in [3.05, 3.63) is 54.1 Å². The molecule has 1 aliphatic rings. The number of benzene rings is 2. The van der Waals surface area contributed by atoms with E-state index in [0.29, 0.717) is 25.3 Å². The first-order chi connectivity index (χ1) is 13.6. The van der Waals surface area contributed by atoms with Gasteiger partial charge >= 0.3 is 0 Å². The van der Waals surface area contributed by atoms with Gasteiger partial charge < -0.3 is 19.7 Å². The maximum atomic E-state index is 12.6. The summed E-state index contributed by atoms with van der Waals surface area (Å²) in [6, 6.07) is 15.2. The third kappa shape index (κ3) is 4.63. The zero-order valence-corrected chi connectivity index (χ0v) is 16.3. The van der Waals surface area contributed by atoms with Gasteiger partial charge in [-0.3, -0.25) is 9.59 Å². The molecular formula is C22H26N2O4. The Hall–Kier alpha value is -3.02. The molecule has 1 heterocycles. The molecule has 1 aliphatic heterocycles. The molecule has 2 aromatic rings. The van der Waals surface area contributed by atoms with Crippen LogP contribution in [0.25, 0.3) is 0 Å². The Balaban J connectivity index is 1.51. The van der Waals surface area contributed by atoms with E-state index >= 15 is 0 Å². The van der Waals surface area contributed by atoms with Crippen molar-refractivity contribution >= 4 is 17.5 Å². The summed E-state index contributed by atoms with van der Waals surface area (Å²) >= 11 is 0. The summed E-state index contributed by atoms with van der Waals surface area (Å²) in [6.45, 7) is 2.81. The average Bonchev–Trinajstić information content (AvgIpc) is 2.73. The number of nitrogens with one attached hydrogen (secondary N) is 1. The average molecular weight is 382 g/mol. The van der Waals surface area contributed by atoms with E-state index in [2.05, 4.69) is 5.32 Å². The lowest BCUT2D eigenvalue weighted by Gasteiger charge is -2.33. The molecule has 0 radical (unpaired) electrons. The van der Waals surface area contributed by atoms with E-state index in [1.165, 1.54) is 0 Å². The molecule has 1 N–H and O–H groups in total. The van der Waals surface area contributed by atoms with Crippen LogP contribution in [0.15, 0.2) is 48.5 Å². The highest BCUT2D eigenvalue weighted by atomic mass is 16.5. The molecule has 2 aromatic carbocycles. The lowest BCUT2D eigenvalue weighted by Crippen LogP contribution is -2.46. The maximum Gasteiger partial charge on any atom is 0.268 e. The van der Waals surface area contributed by atoms with E-state index in [1.807, 2.05) is 55.5 Å². The fraction of sp³-hybridized carbons (Fsp3) is 0.364. The zero-order valence-electron chi connectivity index (χ0n) is 16.3. The van der Waals surface area contributed by atoms with Gasteiger partial charge in [0, 0.05) is 19.5 Å². The summed E-state index contributed by atoms with van der Waals surface area (Å²) in [5.74, 6) is 1.34. The first-order valence-electron chi connectivity index (χ1n) is 9.59. The van der Waals surface area contributed by atoms with Crippen molar-refractivity contribution in [1.29, 1.82) is 0 Å². The fourth-order valence-electron chi connectivity index (χ4n) is 3.20.